The first-order valence-corrected chi connectivity index (χ1v) is 11.8. The van der Waals surface area contributed by atoms with Gasteiger partial charge in [0, 0.05) is 31.1 Å². The summed E-state index contributed by atoms with van der Waals surface area (Å²) in [4.78, 5) is 6.96. The number of anilines is 1. The molecule has 8 nitrogen and oxygen atoms in total. The summed E-state index contributed by atoms with van der Waals surface area (Å²) in [5.41, 5.74) is 3.46. The van der Waals surface area contributed by atoms with E-state index in [4.69, 9.17) is 16.7 Å². The van der Waals surface area contributed by atoms with Gasteiger partial charge in [-0.3, -0.25) is 0 Å². The summed E-state index contributed by atoms with van der Waals surface area (Å²) in [6, 6.07) is 9.10. The number of aromatic nitrogens is 3. The summed E-state index contributed by atoms with van der Waals surface area (Å²) >= 11 is 6.26. The number of sulfonamides is 1. The molecule has 1 aromatic carbocycles. The zero-order valence-corrected chi connectivity index (χ0v) is 18.1. The van der Waals surface area contributed by atoms with Gasteiger partial charge in [-0.05, 0) is 49.1 Å². The SMILES string of the molecule is Cc1cc(Cl)n2ncnc(N3CC4(CC(NCc5ccc(S(N)(=O)=O)cc5)C4)C3)c12. The zero-order valence-electron chi connectivity index (χ0n) is 16.5. The number of benzene rings is 1. The molecule has 0 atom stereocenters. The molecule has 3 aromatic rings. The Morgan fingerprint density at radius 1 is 1.27 bits per heavy atom. The Balaban J connectivity index is 1.16. The van der Waals surface area contributed by atoms with Gasteiger partial charge >= 0.3 is 0 Å². The van der Waals surface area contributed by atoms with Gasteiger partial charge in [0.2, 0.25) is 10.0 Å². The summed E-state index contributed by atoms with van der Waals surface area (Å²) in [7, 11) is -3.64. The highest BCUT2D eigenvalue weighted by Crippen LogP contribution is 2.50. The maximum absolute atomic E-state index is 11.3. The van der Waals surface area contributed by atoms with Crippen LogP contribution in [0.4, 0.5) is 5.82 Å². The molecule has 10 heteroatoms. The van der Waals surface area contributed by atoms with Crippen LogP contribution in [-0.4, -0.2) is 42.1 Å². The second-order valence-electron chi connectivity index (χ2n) is 8.53. The standard InChI is InChI=1S/C20H23ClN6O2S/c1-13-6-17(21)27-18(13)19(24-12-25-27)26-10-20(11-26)7-15(8-20)23-9-14-2-4-16(5-3-14)30(22,28)29/h2-6,12,15,23H,7-11H2,1H3,(H2,22,28,29). The third-order valence-corrected chi connectivity index (χ3v) is 7.44. The van der Waals surface area contributed by atoms with Crippen LogP contribution < -0.4 is 15.4 Å². The van der Waals surface area contributed by atoms with Crippen LogP contribution in [0.3, 0.4) is 0 Å². The average molecular weight is 447 g/mol. The van der Waals surface area contributed by atoms with Gasteiger partial charge in [-0.1, -0.05) is 23.7 Å². The van der Waals surface area contributed by atoms with Gasteiger partial charge in [-0.25, -0.2) is 23.1 Å². The predicted molar refractivity (Wildman–Crippen MR) is 115 cm³/mol. The lowest BCUT2D eigenvalue weighted by atomic mass is 9.60. The molecule has 2 aliphatic rings. The molecule has 0 unspecified atom stereocenters. The summed E-state index contributed by atoms with van der Waals surface area (Å²) in [6.07, 6.45) is 3.81. The Kier molecular flexibility index (Phi) is 4.55. The third-order valence-electron chi connectivity index (χ3n) is 6.24. The molecule has 0 bridgehead atoms. The van der Waals surface area contributed by atoms with Crippen molar-refractivity contribution in [3.05, 3.63) is 52.9 Å². The van der Waals surface area contributed by atoms with E-state index < -0.39 is 10.0 Å². The van der Waals surface area contributed by atoms with E-state index in [0.29, 0.717) is 23.2 Å². The Labute approximate surface area is 180 Å². The van der Waals surface area contributed by atoms with Crippen molar-refractivity contribution in [1.82, 2.24) is 19.9 Å². The largest absolute Gasteiger partial charge is 0.354 e. The summed E-state index contributed by atoms with van der Waals surface area (Å²) < 4.78 is 24.4. The third kappa shape index (κ3) is 3.35. The van der Waals surface area contributed by atoms with Crippen molar-refractivity contribution in [3.63, 3.8) is 0 Å². The van der Waals surface area contributed by atoms with E-state index in [9.17, 15) is 8.42 Å². The Hall–Kier alpha value is -2.20. The van der Waals surface area contributed by atoms with Gasteiger partial charge in [-0.2, -0.15) is 5.10 Å². The Bertz CT molecular complexity index is 1210. The molecule has 1 spiro atoms. The lowest BCUT2D eigenvalue weighted by Gasteiger charge is -2.59. The van der Waals surface area contributed by atoms with Crippen LogP contribution in [0.5, 0.6) is 0 Å². The van der Waals surface area contributed by atoms with Crippen molar-refractivity contribution >= 4 is 33.0 Å². The molecule has 30 heavy (non-hydrogen) atoms. The minimum Gasteiger partial charge on any atom is -0.354 e. The highest BCUT2D eigenvalue weighted by Gasteiger charge is 2.52. The van der Waals surface area contributed by atoms with Crippen LogP contribution >= 0.6 is 11.6 Å². The fourth-order valence-corrected chi connectivity index (χ4v) is 5.56. The molecule has 5 rings (SSSR count). The summed E-state index contributed by atoms with van der Waals surface area (Å²) in [6.45, 7) is 4.72. The van der Waals surface area contributed by atoms with Crippen molar-refractivity contribution in [2.75, 3.05) is 18.0 Å². The molecular weight excluding hydrogens is 424 g/mol. The second-order valence-corrected chi connectivity index (χ2v) is 10.5. The molecule has 0 amide bonds. The first-order chi connectivity index (χ1) is 14.2. The first-order valence-electron chi connectivity index (χ1n) is 9.83. The molecule has 2 fully saturated rings. The zero-order chi connectivity index (χ0) is 21.1. The Morgan fingerprint density at radius 3 is 2.63 bits per heavy atom. The molecule has 158 valence electrons. The smallest absolute Gasteiger partial charge is 0.238 e. The summed E-state index contributed by atoms with van der Waals surface area (Å²) in [5, 5.41) is 13.6. The monoisotopic (exact) mass is 446 g/mol. The predicted octanol–water partition coefficient (Wildman–Crippen LogP) is 2.10. The van der Waals surface area contributed by atoms with Crippen LogP contribution in [-0.2, 0) is 16.6 Å². The number of nitrogens with one attached hydrogen (secondary N) is 1. The van der Waals surface area contributed by atoms with Crippen LogP contribution in [0.2, 0.25) is 5.15 Å². The molecule has 1 saturated carbocycles. The lowest BCUT2D eigenvalue weighted by Crippen LogP contribution is -2.66. The Morgan fingerprint density at radius 2 is 1.97 bits per heavy atom. The van der Waals surface area contributed by atoms with E-state index in [1.54, 1.807) is 35.1 Å². The van der Waals surface area contributed by atoms with Gasteiger partial charge in [0.25, 0.3) is 0 Å². The number of halogens is 1. The minimum absolute atomic E-state index is 0.141. The van der Waals surface area contributed by atoms with Gasteiger partial charge in [0.1, 0.15) is 17.0 Å². The average Bonchev–Trinajstić information content (AvgIpc) is 2.93. The van der Waals surface area contributed by atoms with Crippen molar-refractivity contribution in [2.24, 2.45) is 10.6 Å². The number of hydrogen-bond acceptors (Lipinski definition) is 6. The number of primary sulfonamides is 1. The van der Waals surface area contributed by atoms with Crippen molar-refractivity contribution < 1.29 is 8.42 Å². The number of aryl methyl sites for hydroxylation is 1. The fourth-order valence-electron chi connectivity index (χ4n) is 4.75. The highest BCUT2D eigenvalue weighted by atomic mass is 35.5. The number of fused-ring (bicyclic) bond motifs is 1. The first kappa shape index (κ1) is 19.7. The maximum atomic E-state index is 11.3. The van der Waals surface area contributed by atoms with Gasteiger partial charge < -0.3 is 10.2 Å². The molecule has 3 heterocycles. The summed E-state index contributed by atoms with van der Waals surface area (Å²) in [5.74, 6) is 0.950. The fraction of sp³-hybridized carbons (Fsp3) is 0.400. The molecular formula is C20H23ClN6O2S. The topological polar surface area (TPSA) is 106 Å². The molecule has 1 aliphatic carbocycles. The van der Waals surface area contributed by atoms with Gasteiger partial charge in [-0.15, -0.1) is 0 Å². The maximum Gasteiger partial charge on any atom is 0.238 e. The van der Waals surface area contributed by atoms with E-state index >= 15 is 0 Å². The van der Waals surface area contributed by atoms with Crippen molar-refractivity contribution in [2.45, 2.75) is 37.2 Å². The number of rotatable bonds is 5. The van der Waals surface area contributed by atoms with Gasteiger partial charge in [0.05, 0.1) is 4.90 Å². The van der Waals surface area contributed by atoms with Crippen LogP contribution in [0, 0.1) is 12.3 Å². The van der Waals surface area contributed by atoms with Crippen LogP contribution in [0.25, 0.3) is 5.52 Å². The van der Waals surface area contributed by atoms with E-state index in [0.717, 1.165) is 48.4 Å². The number of hydrogen-bond donors (Lipinski definition) is 2. The molecule has 1 aliphatic heterocycles. The van der Waals surface area contributed by atoms with Crippen LogP contribution in [0.15, 0.2) is 41.6 Å². The van der Waals surface area contributed by atoms with Crippen LogP contribution in [0.1, 0.15) is 24.0 Å². The second kappa shape index (κ2) is 6.91. The molecule has 0 radical (unpaired) electrons. The van der Waals surface area contributed by atoms with E-state index in [2.05, 4.69) is 20.3 Å². The molecule has 2 aromatic heterocycles. The van der Waals surface area contributed by atoms with Crippen molar-refractivity contribution in [3.8, 4) is 0 Å². The lowest BCUT2D eigenvalue weighted by molar-refractivity contribution is 0.0472. The number of nitrogens with two attached hydrogens (primary N) is 1. The normalized spacial score (nSPS) is 18.6. The highest BCUT2D eigenvalue weighted by molar-refractivity contribution is 7.89. The minimum atomic E-state index is -3.64. The van der Waals surface area contributed by atoms with Gasteiger partial charge in [0.15, 0.2) is 5.82 Å². The quantitative estimate of drug-likeness (QED) is 0.621. The molecule has 1 saturated heterocycles. The molecule has 3 N–H and O–H groups in total. The van der Waals surface area contributed by atoms with E-state index in [1.165, 1.54) is 0 Å². The van der Waals surface area contributed by atoms with E-state index in [1.807, 2.05) is 13.0 Å². The van der Waals surface area contributed by atoms with Crippen molar-refractivity contribution in [1.29, 1.82) is 0 Å². The van der Waals surface area contributed by atoms with E-state index in [-0.39, 0.29) is 4.90 Å². The number of nitrogens with zero attached hydrogens (tertiary/aromatic N) is 4.